The molecule has 0 bridgehead atoms. The van der Waals surface area contributed by atoms with E-state index in [0.29, 0.717) is 5.75 Å². The van der Waals surface area contributed by atoms with Crippen molar-refractivity contribution in [1.82, 2.24) is 5.48 Å². The van der Waals surface area contributed by atoms with Gasteiger partial charge in [0.2, 0.25) is 0 Å². The van der Waals surface area contributed by atoms with Crippen molar-refractivity contribution >= 4 is 23.6 Å². The molecule has 1 N–H and O–H groups in total. The summed E-state index contributed by atoms with van der Waals surface area (Å²) in [6.07, 6.45) is 0.458. The number of hydroxylamine groups is 1. The van der Waals surface area contributed by atoms with Gasteiger partial charge < -0.3 is 4.84 Å². The first-order valence-electron chi connectivity index (χ1n) is 7.38. The Morgan fingerprint density at radius 1 is 0.913 bits per heavy atom. The normalized spacial score (nSPS) is 10.1. The zero-order valence-corrected chi connectivity index (χ0v) is 13.6. The lowest BCUT2D eigenvalue weighted by Gasteiger charge is -2.06. The summed E-state index contributed by atoms with van der Waals surface area (Å²) in [5.41, 5.74) is 4.29. The lowest BCUT2D eigenvalue weighted by molar-refractivity contribution is -0.157. The van der Waals surface area contributed by atoms with E-state index in [4.69, 9.17) is 4.84 Å². The molecule has 4 nitrogen and oxygen atoms in total. The molecule has 0 aliphatic heterocycles. The van der Waals surface area contributed by atoms with Crippen LogP contribution in [0.2, 0.25) is 0 Å². The van der Waals surface area contributed by atoms with Crippen LogP contribution in [0.5, 0.6) is 0 Å². The Hall–Kier alpha value is -2.27. The van der Waals surface area contributed by atoms with Gasteiger partial charge in [0.05, 0.1) is 12.8 Å². The zero-order valence-electron chi connectivity index (χ0n) is 12.7. The molecule has 0 fully saturated rings. The molecule has 0 spiro atoms. The van der Waals surface area contributed by atoms with E-state index in [1.165, 1.54) is 5.56 Å². The average Bonchev–Trinajstić information content (AvgIpc) is 2.59. The van der Waals surface area contributed by atoms with E-state index in [-0.39, 0.29) is 18.7 Å². The molecule has 0 aromatic heterocycles. The highest BCUT2D eigenvalue weighted by atomic mass is 32.2. The van der Waals surface area contributed by atoms with Gasteiger partial charge >= 0.3 is 5.97 Å². The van der Waals surface area contributed by atoms with Crippen LogP contribution in [0.1, 0.15) is 17.5 Å². The third kappa shape index (κ3) is 7.02. The van der Waals surface area contributed by atoms with Crippen molar-refractivity contribution in [2.75, 3.05) is 5.75 Å². The van der Waals surface area contributed by atoms with Gasteiger partial charge in [0.15, 0.2) is 0 Å². The second kappa shape index (κ2) is 9.69. The highest BCUT2D eigenvalue weighted by molar-refractivity contribution is 7.98. The quantitative estimate of drug-likeness (QED) is 0.626. The van der Waals surface area contributed by atoms with Crippen LogP contribution in [0.25, 0.3) is 0 Å². The van der Waals surface area contributed by atoms with Crippen LogP contribution < -0.4 is 5.48 Å². The molecule has 2 aromatic rings. The second-order valence-electron chi connectivity index (χ2n) is 4.95. The molecule has 2 aromatic carbocycles. The number of carbonyl (C=O) groups excluding carboxylic acids is 2. The summed E-state index contributed by atoms with van der Waals surface area (Å²) in [4.78, 5) is 28.0. The summed E-state index contributed by atoms with van der Waals surface area (Å²) >= 11 is 1.66. The summed E-state index contributed by atoms with van der Waals surface area (Å²) in [5, 5.41) is 0. The largest absolute Gasteiger partial charge is 0.341 e. The van der Waals surface area contributed by atoms with E-state index < -0.39 is 5.97 Å². The Balaban J connectivity index is 1.57. The minimum atomic E-state index is -0.424. The lowest BCUT2D eigenvalue weighted by atomic mass is 10.1. The number of hydrogen-bond acceptors (Lipinski definition) is 4. The van der Waals surface area contributed by atoms with Crippen LogP contribution in [0.3, 0.4) is 0 Å². The van der Waals surface area contributed by atoms with Gasteiger partial charge in [0, 0.05) is 11.5 Å². The van der Waals surface area contributed by atoms with Crippen molar-refractivity contribution < 1.29 is 14.4 Å². The monoisotopic (exact) mass is 329 g/mol. The van der Waals surface area contributed by atoms with Gasteiger partial charge in [0.1, 0.15) is 0 Å². The summed E-state index contributed by atoms with van der Waals surface area (Å²) < 4.78 is 0. The predicted octanol–water partition coefficient (Wildman–Crippen LogP) is 3.13. The first-order chi connectivity index (χ1) is 11.2. The Bertz CT molecular complexity index is 617. The van der Waals surface area contributed by atoms with Crippen LogP contribution in [-0.4, -0.2) is 17.6 Å². The van der Waals surface area contributed by atoms with Crippen molar-refractivity contribution in [3.63, 3.8) is 0 Å². The molecule has 1 amide bonds. The van der Waals surface area contributed by atoms with E-state index >= 15 is 0 Å². The zero-order chi connectivity index (χ0) is 16.3. The van der Waals surface area contributed by atoms with E-state index in [2.05, 4.69) is 17.6 Å². The molecule has 0 aliphatic rings. The summed E-state index contributed by atoms with van der Waals surface area (Å²) in [5.74, 6) is 0.755. The van der Waals surface area contributed by atoms with Crippen LogP contribution >= 0.6 is 11.8 Å². The van der Waals surface area contributed by atoms with Gasteiger partial charge in [-0.25, -0.2) is 4.79 Å². The van der Waals surface area contributed by atoms with Crippen LogP contribution in [0.15, 0.2) is 60.7 Å². The number of rotatable bonds is 7. The molecule has 2 rings (SSSR count). The summed E-state index contributed by atoms with van der Waals surface area (Å²) in [6.45, 7) is 0. The van der Waals surface area contributed by atoms with E-state index in [9.17, 15) is 9.59 Å². The molecule has 23 heavy (non-hydrogen) atoms. The fourth-order valence-electron chi connectivity index (χ4n) is 1.90. The SMILES string of the molecule is O=C(Cc1ccccc1)NOC(=O)CCSCc1ccccc1. The molecule has 0 atom stereocenters. The third-order valence-corrected chi connectivity index (χ3v) is 4.08. The van der Waals surface area contributed by atoms with Gasteiger partial charge in [-0.2, -0.15) is 17.2 Å². The number of thioether (sulfide) groups is 1. The van der Waals surface area contributed by atoms with Gasteiger partial charge in [-0.1, -0.05) is 60.7 Å². The number of benzene rings is 2. The maximum absolute atomic E-state index is 11.6. The number of nitrogens with one attached hydrogen (secondary N) is 1. The van der Waals surface area contributed by atoms with Gasteiger partial charge in [-0.3, -0.25) is 4.79 Å². The van der Waals surface area contributed by atoms with Gasteiger partial charge in [-0.05, 0) is 11.1 Å². The van der Waals surface area contributed by atoms with Crippen LogP contribution in [-0.2, 0) is 26.6 Å². The molecular weight excluding hydrogens is 310 g/mol. The smallest absolute Gasteiger partial charge is 0.333 e. The van der Waals surface area contributed by atoms with Gasteiger partial charge in [0.25, 0.3) is 5.91 Å². The van der Waals surface area contributed by atoms with Crippen molar-refractivity contribution in [2.24, 2.45) is 0 Å². The average molecular weight is 329 g/mol. The topological polar surface area (TPSA) is 55.4 Å². The predicted molar refractivity (Wildman–Crippen MR) is 91.6 cm³/mol. The minimum absolute atomic E-state index is 0.191. The molecule has 0 saturated carbocycles. The summed E-state index contributed by atoms with van der Waals surface area (Å²) in [7, 11) is 0. The van der Waals surface area contributed by atoms with Crippen molar-refractivity contribution in [2.45, 2.75) is 18.6 Å². The first kappa shape index (κ1) is 17.1. The molecule has 0 heterocycles. The van der Waals surface area contributed by atoms with Crippen LogP contribution in [0.4, 0.5) is 0 Å². The lowest BCUT2D eigenvalue weighted by Crippen LogP contribution is -2.28. The standard InChI is InChI=1S/C18H19NO3S/c20-17(13-15-7-3-1-4-8-15)19-22-18(21)11-12-23-14-16-9-5-2-6-10-16/h1-10H,11-14H2,(H,19,20). The van der Waals surface area contributed by atoms with E-state index in [1.54, 1.807) is 11.8 Å². The van der Waals surface area contributed by atoms with Gasteiger partial charge in [-0.15, -0.1) is 0 Å². The Morgan fingerprint density at radius 2 is 1.52 bits per heavy atom. The van der Waals surface area contributed by atoms with Crippen LogP contribution in [0, 0.1) is 0 Å². The molecule has 5 heteroatoms. The maximum Gasteiger partial charge on any atom is 0.333 e. The second-order valence-corrected chi connectivity index (χ2v) is 6.06. The molecule has 0 saturated heterocycles. The Labute approximate surface area is 140 Å². The minimum Gasteiger partial charge on any atom is -0.341 e. The van der Waals surface area contributed by atoms with Crippen molar-refractivity contribution in [3.05, 3.63) is 71.8 Å². The first-order valence-corrected chi connectivity index (χ1v) is 8.53. The fourth-order valence-corrected chi connectivity index (χ4v) is 2.79. The fraction of sp³-hybridized carbons (Fsp3) is 0.222. The van der Waals surface area contributed by atoms with E-state index in [1.807, 2.05) is 48.5 Å². The highest BCUT2D eigenvalue weighted by Crippen LogP contribution is 2.12. The molecule has 0 aliphatic carbocycles. The Kier molecular flexibility index (Phi) is 7.20. The number of amides is 1. The van der Waals surface area contributed by atoms with Crippen molar-refractivity contribution in [3.8, 4) is 0 Å². The number of hydrogen-bond donors (Lipinski definition) is 1. The molecule has 120 valence electrons. The number of carbonyl (C=O) groups is 2. The Morgan fingerprint density at radius 3 is 2.17 bits per heavy atom. The van der Waals surface area contributed by atoms with E-state index in [0.717, 1.165) is 11.3 Å². The highest BCUT2D eigenvalue weighted by Gasteiger charge is 2.07. The summed E-state index contributed by atoms with van der Waals surface area (Å²) in [6, 6.07) is 19.4. The molecule has 0 unspecified atom stereocenters. The maximum atomic E-state index is 11.6. The van der Waals surface area contributed by atoms with Crippen molar-refractivity contribution in [1.29, 1.82) is 0 Å². The molecular formula is C18H19NO3S. The third-order valence-electron chi connectivity index (χ3n) is 3.05. The molecule has 0 radical (unpaired) electrons.